The number of alkyl halides is 3. The quantitative estimate of drug-likeness (QED) is 0.876. The van der Waals surface area contributed by atoms with Gasteiger partial charge in [-0.2, -0.15) is 13.2 Å². The van der Waals surface area contributed by atoms with E-state index in [1.807, 2.05) is 0 Å². The largest absolute Gasteiger partial charge is 0.443 e. The molecular weight excluding hydrogens is 267 g/mol. The Balaban J connectivity index is 2.18. The Bertz CT molecular complexity index is 413. The Morgan fingerprint density at radius 3 is 2.39 bits per heavy atom. The summed E-state index contributed by atoms with van der Waals surface area (Å²) in [4.78, 5) is 3.33. The molecule has 0 radical (unpaired) electrons. The van der Waals surface area contributed by atoms with Gasteiger partial charge in [0.05, 0.1) is 10.5 Å². The van der Waals surface area contributed by atoms with Gasteiger partial charge in [0.15, 0.2) is 5.01 Å². The van der Waals surface area contributed by atoms with E-state index in [1.54, 1.807) is 0 Å². The highest BCUT2D eigenvalue weighted by Crippen LogP contribution is 2.42. The highest BCUT2D eigenvalue weighted by molar-refractivity contribution is 7.11. The molecule has 0 aliphatic heterocycles. The van der Waals surface area contributed by atoms with Gasteiger partial charge in [-0.1, -0.05) is 19.3 Å². The maximum absolute atomic E-state index is 12.4. The van der Waals surface area contributed by atoms with Crippen molar-refractivity contribution in [3.05, 3.63) is 16.1 Å². The molecule has 1 fully saturated rings. The van der Waals surface area contributed by atoms with Crippen molar-refractivity contribution < 1.29 is 23.4 Å². The lowest BCUT2D eigenvalue weighted by atomic mass is 9.80. The highest BCUT2D eigenvalue weighted by atomic mass is 32.1. The molecule has 0 spiro atoms. The SMILES string of the molecule is OC(c1cnc(C(F)(F)F)s1)C1(O)CCCCC1. The van der Waals surface area contributed by atoms with Crippen molar-refractivity contribution in [2.24, 2.45) is 0 Å². The van der Waals surface area contributed by atoms with Crippen LogP contribution in [0.4, 0.5) is 13.2 Å². The van der Waals surface area contributed by atoms with E-state index in [4.69, 9.17) is 0 Å². The molecule has 102 valence electrons. The molecule has 1 atom stereocenters. The number of nitrogens with zero attached hydrogens (tertiary/aromatic N) is 1. The number of rotatable bonds is 2. The maximum atomic E-state index is 12.4. The summed E-state index contributed by atoms with van der Waals surface area (Å²) in [5, 5.41) is 19.3. The predicted molar refractivity (Wildman–Crippen MR) is 60.1 cm³/mol. The molecule has 1 saturated carbocycles. The van der Waals surface area contributed by atoms with Crippen LogP contribution in [-0.2, 0) is 6.18 Å². The standard InChI is InChI=1S/C11H14F3NO2S/c12-11(13,14)9-15-6-7(18-9)8(16)10(17)4-2-1-3-5-10/h6,8,16-17H,1-5H2. The van der Waals surface area contributed by atoms with Gasteiger partial charge in [0.1, 0.15) is 6.10 Å². The predicted octanol–water partition coefficient (Wildman–Crippen LogP) is 2.89. The van der Waals surface area contributed by atoms with E-state index >= 15 is 0 Å². The van der Waals surface area contributed by atoms with Crippen LogP contribution in [0.1, 0.15) is 48.1 Å². The van der Waals surface area contributed by atoms with Gasteiger partial charge in [-0.3, -0.25) is 0 Å². The van der Waals surface area contributed by atoms with Crippen LogP contribution in [0.5, 0.6) is 0 Å². The lowest BCUT2D eigenvalue weighted by Gasteiger charge is -2.35. The first kappa shape index (κ1) is 13.8. The summed E-state index contributed by atoms with van der Waals surface area (Å²) >= 11 is 0.394. The summed E-state index contributed by atoms with van der Waals surface area (Å²) in [7, 11) is 0. The molecule has 1 aliphatic carbocycles. The fourth-order valence-corrected chi connectivity index (χ4v) is 3.13. The van der Waals surface area contributed by atoms with Crippen molar-refractivity contribution in [1.29, 1.82) is 0 Å². The summed E-state index contributed by atoms with van der Waals surface area (Å²) in [6.07, 6.45) is -1.43. The van der Waals surface area contributed by atoms with Crippen molar-refractivity contribution >= 4 is 11.3 Å². The van der Waals surface area contributed by atoms with E-state index in [1.165, 1.54) is 0 Å². The number of hydrogen-bond acceptors (Lipinski definition) is 4. The van der Waals surface area contributed by atoms with Crippen LogP contribution in [0.25, 0.3) is 0 Å². The van der Waals surface area contributed by atoms with Gasteiger partial charge < -0.3 is 10.2 Å². The van der Waals surface area contributed by atoms with Crippen molar-refractivity contribution in [3.8, 4) is 0 Å². The molecule has 0 saturated heterocycles. The molecule has 1 heterocycles. The van der Waals surface area contributed by atoms with Crippen LogP contribution in [-0.4, -0.2) is 20.8 Å². The van der Waals surface area contributed by atoms with Crippen molar-refractivity contribution in [2.45, 2.75) is 50.0 Å². The second-order valence-electron chi connectivity index (χ2n) is 4.63. The van der Waals surface area contributed by atoms with E-state index in [-0.39, 0.29) is 4.88 Å². The molecule has 1 aromatic rings. The Hall–Kier alpha value is -0.660. The Kier molecular flexibility index (Phi) is 3.66. The number of hydrogen-bond donors (Lipinski definition) is 2. The van der Waals surface area contributed by atoms with Gasteiger partial charge in [-0.25, -0.2) is 4.98 Å². The zero-order valence-electron chi connectivity index (χ0n) is 9.57. The average Bonchev–Trinajstić information content (AvgIpc) is 2.77. The molecule has 0 aromatic carbocycles. The van der Waals surface area contributed by atoms with E-state index in [9.17, 15) is 23.4 Å². The first-order valence-corrected chi connectivity index (χ1v) is 6.58. The van der Waals surface area contributed by atoms with Crippen molar-refractivity contribution in [2.75, 3.05) is 0 Å². The minimum absolute atomic E-state index is 0.0757. The highest BCUT2D eigenvalue weighted by Gasteiger charge is 2.41. The molecule has 2 N–H and O–H groups in total. The Morgan fingerprint density at radius 1 is 1.28 bits per heavy atom. The van der Waals surface area contributed by atoms with E-state index < -0.39 is 22.9 Å². The van der Waals surface area contributed by atoms with Crippen LogP contribution in [0.2, 0.25) is 0 Å². The number of aliphatic hydroxyl groups excluding tert-OH is 1. The van der Waals surface area contributed by atoms with E-state index in [2.05, 4.69) is 4.98 Å². The van der Waals surface area contributed by atoms with Crippen molar-refractivity contribution in [1.82, 2.24) is 4.98 Å². The summed E-state index contributed by atoms with van der Waals surface area (Å²) in [6, 6.07) is 0. The molecule has 0 amide bonds. The third kappa shape index (κ3) is 2.67. The molecule has 1 unspecified atom stereocenters. The summed E-state index contributed by atoms with van der Waals surface area (Å²) in [5.41, 5.74) is -1.31. The number of aromatic nitrogens is 1. The van der Waals surface area contributed by atoms with Gasteiger partial charge in [0.25, 0.3) is 0 Å². The lowest BCUT2D eigenvalue weighted by molar-refractivity contribution is -0.137. The fourth-order valence-electron chi connectivity index (χ4n) is 2.25. The summed E-state index contributed by atoms with van der Waals surface area (Å²) < 4.78 is 37.2. The van der Waals surface area contributed by atoms with E-state index in [0.717, 1.165) is 25.5 Å². The Labute approximate surface area is 106 Å². The molecule has 2 rings (SSSR count). The average molecular weight is 281 g/mol. The molecule has 3 nitrogen and oxygen atoms in total. The smallest absolute Gasteiger partial charge is 0.387 e. The zero-order chi connectivity index (χ0) is 13.4. The molecule has 0 bridgehead atoms. The van der Waals surface area contributed by atoms with Gasteiger partial charge >= 0.3 is 6.18 Å². The van der Waals surface area contributed by atoms with Gasteiger partial charge in [0.2, 0.25) is 0 Å². The molecular formula is C11H14F3NO2S. The Morgan fingerprint density at radius 2 is 1.89 bits per heavy atom. The second kappa shape index (κ2) is 4.79. The van der Waals surface area contributed by atoms with Crippen molar-refractivity contribution in [3.63, 3.8) is 0 Å². The van der Waals surface area contributed by atoms with Gasteiger partial charge in [-0.05, 0) is 12.8 Å². The summed E-state index contributed by atoms with van der Waals surface area (Å²) in [5.74, 6) is 0. The molecule has 7 heteroatoms. The second-order valence-corrected chi connectivity index (χ2v) is 5.69. The lowest BCUT2D eigenvalue weighted by Crippen LogP contribution is -2.37. The number of thiazole rings is 1. The van der Waals surface area contributed by atoms with Crippen LogP contribution < -0.4 is 0 Å². The third-order valence-corrected chi connectivity index (χ3v) is 4.36. The molecule has 1 aromatic heterocycles. The zero-order valence-corrected chi connectivity index (χ0v) is 10.4. The number of halogens is 3. The van der Waals surface area contributed by atoms with Crippen LogP contribution in [0.3, 0.4) is 0 Å². The van der Waals surface area contributed by atoms with Crippen LogP contribution in [0, 0.1) is 0 Å². The topological polar surface area (TPSA) is 53.4 Å². The fraction of sp³-hybridized carbons (Fsp3) is 0.727. The minimum Gasteiger partial charge on any atom is -0.387 e. The summed E-state index contributed by atoms with van der Waals surface area (Å²) in [6.45, 7) is 0. The maximum Gasteiger partial charge on any atom is 0.443 e. The molecule has 1 aliphatic rings. The normalized spacial score (nSPS) is 21.8. The minimum atomic E-state index is -4.50. The third-order valence-electron chi connectivity index (χ3n) is 3.26. The first-order valence-electron chi connectivity index (χ1n) is 5.76. The first-order chi connectivity index (χ1) is 8.33. The van der Waals surface area contributed by atoms with Crippen LogP contribution >= 0.6 is 11.3 Å². The van der Waals surface area contributed by atoms with Gasteiger partial charge in [-0.15, -0.1) is 11.3 Å². The molecule has 18 heavy (non-hydrogen) atoms. The number of aliphatic hydroxyl groups is 2. The van der Waals surface area contributed by atoms with Crippen LogP contribution in [0.15, 0.2) is 6.20 Å². The van der Waals surface area contributed by atoms with E-state index in [0.29, 0.717) is 24.2 Å². The monoisotopic (exact) mass is 281 g/mol. The van der Waals surface area contributed by atoms with Gasteiger partial charge in [0, 0.05) is 6.20 Å².